The molecule has 186 valence electrons. The Morgan fingerprint density at radius 1 is 1.11 bits per heavy atom. The lowest BCUT2D eigenvalue weighted by Crippen LogP contribution is -2.56. The zero-order chi connectivity index (χ0) is 24.6. The number of aromatic nitrogens is 2. The van der Waals surface area contributed by atoms with Crippen LogP contribution in [0.3, 0.4) is 0 Å². The number of hydrogen-bond donors (Lipinski definition) is 1. The van der Waals surface area contributed by atoms with Crippen LogP contribution >= 0.6 is 0 Å². The first-order chi connectivity index (χ1) is 17.6. The van der Waals surface area contributed by atoms with Gasteiger partial charge in [-0.1, -0.05) is 18.7 Å². The molecule has 7 nitrogen and oxygen atoms in total. The van der Waals surface area contributed by atoms with Crippen LogP contribution in [-0.4, -0.2) is 46.1 Å². The molecule has 2 unspecified atom stereocenters. The Labute approximate surface area is 211 Å². The average molecular weight is 485 g/mol. The van der Waals surface area contributed by atoms with Crippen LogP contribution in [0.25, 0.3) is 10.9 Å². The lowest BCUT2D eigenvalue weighted by molar-refractivity contribution is -0.137. The number of benzene rings is 2. The molecule has 1 aliphatic carbocycles. The molecule has 2 fully saturated rings. The van der Waals surface area contributed by atoms with Crippen molar-refractivity contribution in [2.75, 3.05) is 12.4 Å². The maximum absolute atomic E-state index is 12.5. The first-order valence-electron chi connectivity index (χ1n) is 13.0. The summed E-state index contributed by atoms with van der Waals surface area (Å²) in [4.78, 5) is 23.6. The van der Waals surface area contributed by atoms with Crippen molar-refractivity contribution in [3.8, 4) is 11.5 Å². The monoisotopic (exact) mass is 484 g/mol. The Morgan fingerprint density at radius 2 is 1.94 bits per heavy atom. The van der Waals surface area contributed by atoms with Gasteiger partial charge in [0.2, 0.25) is 5.91 Å². The molecule has 6 rings (SSSR count). The van der Waals surface area contributed by atoms with E-state index in [0.717, 1.165) is 67.4 Å². The van der Waals surface area contributed by atoms with Crippen molar-refractivity contribution in [1.29, 1.82) is 0 Å². The molecule has 0 radical (unpaired) electrons. The van der Waals surface area contributed by atoms with Crippen LogP contribution in [-0.2, 0) is 17.6 Å². The van der Waals surface area contributed by atoms with Crippen molar-refractivity contribution in [3.05, 3.63) is 60.4 Å². The number of hydrogen-bond acceptors (Lipinski definition) is 6. The molecular formula is C29H32N4O3. The second-order valence-corrected chi connectivity index (χ2v) is 10.1. The molecule has 2 saturated heterocycles. The van der Waals surface area contributed by atoms with E-state index in [9.17, 15) is 4.79 Å². The molecule has 1 N–H and O–H groups in total. The van der Waals surface area contributed by atoms with E-state index in [1.165, 1.54) is 23.6 Å². The van der Waals surface area contributed by atoms with Crippen LogP contribution in [0.5, 0.6) is 11.5 Å². The van der Waals surface area contributed by atoms with E-state index in [2.05, 4.69) is 40.1 Å². The molecule has 2 bridgehead atoms. The van der Waals surface area contributed by atoms with E-state index in [1.54, 1.807) is 13.4 Å². The van der Waals surface area contributed by atoms with Gasteiger partial charge in [0.1, 0.15) is 18.2 Å². The first-order valence-corrected chi connectivity index (χ1v) is 13.0. The van der Waals surface area contributed by atoms with Gasteiger partial charge in [-0.15, -0.1) is 0 Å². The van der Waals surface area contributed by atoms with Gasteiger partial charge >= 0.3 is 0 Å². The number of nitrogens with zero attached hydrogens (tertiary/aromatic N) is 3. The highest BCUT2D eigenvalue weighted by atomic mass is 16.5. The number of carbonyl (C=O) groups excluding carboxylic acids is 1. The van der Waals surface area contributed by atoms with E-state index >= 15 is 0 Å². The third-order valence-electron chi connectivity index (χ3n) is 7.97. The number of piperidine rings is 2. The molecule has 7 heteroatoms. The molecule has 0 spiro atoms. The van der Waals surface area contributed by atoms with E-state index in [1.807, 2.05) is 17.0 Å². The summed E-state index contributed by atoms with van der Waals surface area (Å²) in [6.07, 6.45) is 11.2. The van der Waals surface area contributed by atoms with Crippen molar-refractivity contribution >= 4 is 28.3 Å². The summed E-state index contributed by atoms with van der Waals surface area (Å²) in [5.74, 6) is 2.14. The summed E-state index contributed by atoms with van der Waals surface area (Å²) in [5, 5.41) is 4.46. The summed E-state index contributed by atoms with van der Waals surface area (Å²) in [6, 6.07) is 10.7. The van der Waals surface area contributed by atoms with Gasteiger partial charge in [0, 0.05) is 42.1 Å². The largest absolute Gasteiger partial charge is 0.493 e. The number of rotatable bonds is 6. The Balaban J connectivity index is 1.30. The van der Waals surface area contributed by atoms with Crippen LogP contribution in [0, 0.1) is 0 Å². The highest BCUT2D eigenvalue weighted by Crippen LogP contribution is 2.40. The number of aryl methyl sites for hydroxylation is 1. The number of carbonyl (C=O) groups is 1. The fraction of sp³-hybridized carbons (Fsp3) is 0.414. The van der Waals surface area contributed by atoms with E-state index < -0.39 is 0 Å². The molecule has 2 atom stereocenters. The van der Waals surface area contributed by atoms with Crippen molar-refractivity contribution in [2.45, 2.75) is 69.6 Å². The molecule has 0 saturated carbocycles. The first kappa shape index (κ1) is 22.8. The molecule has 3 aliphatic rings. The second-order valence-electron chi connectivity index (χ2n) is 10.1. The van der Waals surface area contributed by atoms with Crippen LogP contribution < -0.4 is 14.8 Å². The summed E-state index contributed by atoms with van der Waals surface area (Å²) in [7, 11) is 1.65. The van der Waals surface area contributed by atoms with Crippen molar-refractivity contribution in [1.82, 2.24) is 14.9 Å². The highest BCUT2D eigenvalue weighted by molar-refractivity contribution is 5.93. The molecule has 36 heavy (non-hydrogen) atoms. The van der Waals surface area contributed by atoms with Crippen molar-refractivity contribution < 1.29 is 14.3 Å². The van der Waals surface area contributed by atoms with Crippen LogP contribution in [0.4, 0.5) is 11.5 Å². The number of amides is 1. The summed E-state index contributed by atoms with van der Waals surface area (Å²) >= 11 is 0. The molecular weight excluding hydrogens is 452 g/mol. The summed E-state index contributed by atoms with van der Waals surface area (Å²) < 4.78 is 12.3. The van der Waals surface area contributed by atoms with Crippen LogP contribution in [0.15, 0.2) is 49.3 Å². The third-order valence-corrected chi connectivity index (χ3v) is 7.97. The van der Waals surface area contributed by atoms with E-state index in [0.29, 0.717) is 11.5 Å². The van der Waals surface area contributed by atoms with Crippen molar-refractivity contribution in [3.63, 3.8) is 0 Å². The van der Waals surface area contributed by atoms with Gasteiger partial charge in [0.15, 0.2) is 11.5 Å². The van der Waals surface area contributed by atoms with E-state index in [4.69, 9.17) is 9.47 Å². The minimum absolute atomic E-state index is 0.0129. The Hall–Kier alpha value is -3.61. The number of anilines is 2. The zero-order valence-corrected chi connectivity index (χ0v) is 20.7. The molecule has 2 aromatic carbocycles. The Bertz CT molecular complexity index is 1310. The maximum atomic E-state index is 12.5. The van der Waals surface area contributed by atoms with Crippen LogP contribution in [0.1, 0.15) is 49.7 Å². The van der Waals surface area contributed by atoms with Gasteiger partial charge in [-0.05, 0) is 67.9 Å². The highest BCUT2D eigenvalue weighted by Gasteiger charge is 2.41. The molecule has 1 aromatic heterocycles. The van der Waals surface area contributed by atoms with Gasteiger partial charge in [-0.2, -0.15) is 0 Å². The second kappa shape index (κ2) is 9.45. The van der Waals surface area contributed by atoms with Gasteiger partial charge in [0.25, 0.3) is 0 Å². The van der Waals surface area contributed by atoms with Gasteiger partial charge in [-0.3, -0.25) is 4.79 Å². The topological polar surface area (TPSA) is 76.6 Å². The van der Waals surface area contributed by atoms with Gasteiger partial charge in [-0.25, -0.2) is 9.97 Å². The predicted octanol–water partition coefficient (Wildman–Crippen LogP) is 5.35. The standard InChI is InChI=1S/C29H32N4O3/c1-3-28(34)33-19-9-6-10-20(33)14-21(13-19)36-27-15-23-25(16-26(27)35-2)30-17-31-29(23)32-24-12-5-8-18-7-4-11-22(18)24/h3,5,8,12,15-17,19-21H,1,4,6-7,9-11,13-14H2,2H3,(H,30,31,32). The third kappa shape index (κ3) is 4.06. The summed E-state index contributed by atoms with van der Waals surface area (Å²) in [5.41, 5.74) is 4.69. The molecule has 1 amide bonds. The molecule has 3 heterocycles. The predicted molar refractivity (Wildman–Crippen MR) is 140 cm³/mol. The number of nitrogens with one attached hydrogen (secondary N) is 1. The average Bonchev–Trinajstić information content (AvgIpc) is 3.38. The summed E-state index contributed by atoms with van der Waals surface area (Å²) in [6.45, 7) is 3.70. The molecule has 2 aliphatic heterocycles. The minimum Gasteiger partial charge on any atom is -0.493 e. The van der Waals surface area contributed by atoms with E-state index in [-0.39, 0.29) is 24.1 Å². The fourth-order valence-electron chi connectivity index (χ4n) is 6.35. The molecule has 3 aromatic rings. The lowest BCUT2D eigenvalue weighted by atomic mass is 9.82. The SMILES string of the molecule is C=CC(=O)N1C2CCCC1CC(Oc1cc3c(Nc4cccc5c4CCC5)ncnc3cc1OC)C2. The van der Waals surface area contributed by atoms with Crippen LogP contribution in [0.2, 0.25) is 0 Å². The Kier molecular flexibility index (Phi) is 5.99. The lowest BCUT2D eigenvalue weighted by Gasteiger charge is -2.48. The maximum Gasteiger partial charge on any atom is 0.246 e. The van der Waals surface area contributed by atoms with Crippen molar-refractivity contribution in [2.24, 2.45) is 0 Å². The smallest absolute Gasteiger partial charge is 0.246 e. The number of ether oxygens (including phenoxy) is 2. The number of fused-ring (bicyclic) bond motifs is 4. The zero-order valence-electron chi connectivity index (χ0n) is 20.7. The quantitative estimate of drug-likeness (QED) is 0.476. The fourth-order valence-corrected chi connectivity index (χ4v) is 6.35. The minimum atomic E-state index is 0.0129. The van der Waals surface area contributed by atoms with Gasteiger partial charge in [0.05, 0.1) is 12.6 Å². The normalized spacial score (nSPS) is 22.7. The Morgan fingerprint density at radius 3 is 2.72 bits per heavy atom. The number of methoxy groups -OCH3 is 1. The van der Waals surface area contributed by atoms with Gasteiger partial charge < -0.3 is 19.7 Å².